The van der Waals surface area contributed by atoms with Crippen LogP contribution >= 0.6 is 0 Å². The number of esters is 1. The highest BCUT2D eigenvalue weighted by Crippen LogP contribution is 2.24. The van der Waals surface area contributed by atoms with Gasteiger partial charge in [0.05, 0.1) is 25.7 Å². The summed E-state index contributed by atoms with van der Waals surface area (Å²) in [6.07, 6.45) is 0.691. The Hall–Kier alpha value is -10.3. The second-order valence-corrected chi connectivity index (χ2v) is 33.0. The van der Waals surface area contributed by atoms with Crippen molar-refractivity contribution in [2.75, 3.05) is 69.0 Å². The fourth-order valence-electron chi connectivity index (χ4n) is 14.0. The van der Waals surface area contributed by atoms with Crippen molar-refractivity contribution in [2.45, 2.75) is 240 Å². The minimum absolute atomic E-state index is 0.00544. The average Bonchev–Trinajstić information content (AvgIpc) is 0.813. The van der Waals surface area contributed by atoms with Crippen molar-refractivity contribution in [1.82, 2.24) is 60.5 Å². The summed E-state index contributed by atoms with van der Waals surface area (Å²) < 4.78 is 17.5. The number of rotatable bonds is 41. The lowest BCUT2D eigenvalue weighted by Gasteiger charge is -2.38. The van der Waals surface area contributed by atoms with Crippen molar-refractivity contribution < 1.29 is 76.5 Å². The molecule has 28 heteroatoms. The Labute approximate surface area is 687 Å². The van der Waals surface area contributed by atoms with E-state index in [2.05, 4.69) is 21.3 Å². The summed E-state index contributed by atoms with van der Waals surface area (Å²) in [7, 11) is 9.96. The van der Waals surface area contributed by atoms with Crippen LogP contribution < -0.4 is 21.3 Å². The largest absolute Gasteiger partial charge is 0.461 e. The first kappa shape index (κ1) is 96.3. The number of carbonyl (C=O) groups is 13. The number of carbonyl (C=O) groups excluding carboxylic acids is 13. The van der Waals surface area contributed by atoms with Gasteiger partial charge in [0.1, 0.15) is 72.6 Å². The summed E-state index contributed by atoms with van der Waals surface area (Å²) in [6, 6.07) is 23.5. The smallest absolute Gasteiger partial charge is 0.410 e. The number of ether oxygens (including phenoxy) is 3. The number of benzene rings is 4. The van der Waals surface area contributed by atoms with Gasteiger partial charge in [-0.2, -0.15) is 0 Å². The van der Waals surface area contributed by atoms with Gasteiger partial charge in [-0.25, -0.2) is 4.79 Å². The Morgan fingerprint density at radius 3 is 1.42 bits per heavy atom. The fraction of sp³-hybridized carbons (Fsp3) is 0.580. The molecule has 4 N–H and O–H groups in total. The minimum Gasteiger partial charge on any atom is -0.461 e. The number of piperidine rings is 1. The molecule has 0 aromatic heterocycles. The number of hydrogen-bond acceptors (Lipinski definition) is 16. The van der Waals surface area contributed by atoms with Crippen LogP contribution in [-0.2, 0) is 97.8 Å². The van der Waals surface area contributed by atoms with Crippen LogP contribution in [-0.4, -0.2) is 257 Å². The summed E-state index contributed by atoms with van der Waals surface area (Å²) in [6.45, 7) is 24.4. The van der Waals surface area contributed by atoms with Crippen LogP contribution in [0, 0.1) is 23.7 Å². The van der Waals surface area contributed by atoms with Crippen LogP contribution in [0.25, 0.3) is 0 Å². The molecule has 1 saturated heterocycles. The molecule has 4 aromatic carbocycles. The monoisotopic (exact) mass is 1610 g/mol. The van der Waals surface area contributed by atoms with E-state index in [4.69, 9.17) is 14.2 Å². The molecule has 1 aliphatic rings. The molecular weight excluding hydrogens is 1480 g/mol. The van der Waals surface area contributed by atoms with Gasteiger partial charge in [-0.05, 0) is 120 Å². The Morgan fingerprint density at radius 1 is 0.457 bits per heavy atom. The number of amides is 12. The van der Waals surface area contributed by atoms with E-state index in [0.29, 0.717) is 30.6 Å². The standard InChI is InChI=1S/C88H130N12O16/c1-22-59(8)76(80(106)89-60(9)81(107)97(19)71(51-64-40-30-24-31-41-64)85(111)99(21)75(58(6)7)79(105)91-68(84(110)100-46-36-27-37-47-100)52-73(102)115-55-66-44-34-26-35-45-66)98(20)72(101)53-93(15)86(112)74(62(11)114-54-65-42-32-25-33-43-65)92-78(104)69(49-57(4)5)96(18)83(109)67(48-56(2)3)90-77(103)70(50-63-38-28-23-29-39-63)95(17)82(108)61(10)94(16)87(113)116-88(12,13)14/h23-26,28-35,38-45,56-62,67-71,74-76H,22,27,36-37,46-55H2,1-21H3,(H,89,106)(H,90,103)(H,91,105)(H,92,104)/t59?,60-,61?,62?,67?,68?,69-,70-,71?,74-,75-,76-/m0/s1. The highest BCUT2D eigenvalue weighted by Gasteiger charge is 2.44. The first-order valence-electron chi connectivity index (χ1n) is 40.5. The maximum Gasteiger partial charge on any atom is 0.410 e. The predicted molar refractivity (Wildman–Crippen MR) is 443 cm³/mol. The van der Waals surface area contributed by atoms with Crippen LogP contribution in [0.3, 0.4) is 0 Å². The third-order valence-corrected chi connectivity index (χ3v) is 21.2. The lowest BCUT2D eigenvalue weighted by molar-refractivity contribution is -0.152. The Morgan fingerprint density at radius 2 is 0.922 bits per heavy atom. The van der Waals surface area contributed by atoms with Gasteiger partial charge < -0.3 is 69.8 Å². The Bertz CT molecular complexity index is 3900. The molecule has 5 rings (SSSR count). The summed E-state index contributed by atoms with van der Waals surface area (Å²) in [4.78, 5) is 200. The zero-order valence-corrected chi connectivity index (χ0v) is 72.2. The van der Waals surface area contributed by atoms with E-state index in [1.165, 1.54) is 87.7 Å². The van der Waals surface area contributed by atoms with Gasteiger partial charge in [0, 0.05) is 75.3 Å². The molecule has 12 amide bonds. The second-order valence-electron chi connectivity index (χ2n) is 33.0. The number of hydrogen-bond donors (Lipinski definition) is 4. The van der Waals surface area contributed by atoms with E-state index in [0.717, 1.165) is 40.2 Å². The molecule has 638 valence electrons. The lowest BCUT2D eigenvalue weighted by atomic mass is 9.96. The molecule has 1 heterocycles. The van der Waals surface area contributed by atoms with Crippen molar-refractivity contribution in [3.05, 3.63) is 144 Å². The highest BCUT2D eigenvalue weighted by atomic mass is 16.6. The maximum atomic E-state index is 15.2. The number of likely N-dealkylation sites (N-methyl/N-ethyl adjacent to an activating group) is 7. The normalized spacial score (nSPS) is 15.4. The molecule has 4 aromatic rings. The van der Waals surface area contributed by atoms with Gasteiger partial charge in [-0.1, -0.05) is 183 Å². The van der Waals surface area contributed by atoms with Crippen molar-refractivity contribution in [3.8, 4) is 0 Å². The number of likely N-dealkylation sites (tertiary alicyclic amines) is 1. The van der Waals surface area contributed by atoms with E-state index in [1.807, 2.05) is 77.1 Å². The van der Waals surface area contributed by atoms with Gasteiger partial charge in [-0.15, -0.1) is 0 Å². The van der Waals surface area contributed by atoms with Crippen LogP contribution in [0.5, 0.6) is 0 Å². The van der Waals surface area contributed by atoms with Gasteiger partial charge in [-0.3, -0.25) is 62.4 Å². The maximum absolute atomic E-state index is 15.2. The van der Waals surface area contributed by atoms with Crippen LogP contribution in [0.1, 0.15) is 164 Å². The predicted octanol–water partition coefficient (Wildman–Crippen LogP) is 7.83. The summed E-state index contributed by atoms with van der Waals surface area (Å²) in [5.74, 6) is -9.54. The van der Waals surface area contributed by atoms with Crippen molar-refractivity contribution in [3.63, 3.8) is 0 Å². The summed E-state index contributed by atoms with van der Waals surface area (Å²) >= 11 is 0. The lowest BCUT2D eigenvalue weighted by Crippen LogP contribution is -2.62. The van der Waals surface area contributed by atoms with Gasteiger partial charge in [0.15, 0.2) is 0 Å². The van der Waals surface area contributed by atoms with E-state index < -0.39 is 174 Å². The Balaban J connectivity index is 1.39. The van der Waals surface area contributed by atoms with E-state index in [1.54, 1.807) is 132 Å². The molecule has 0 bridgehead atoms. The van der Waals surface area contributed by atoms with E-state index in [-0.39, 0.29) is 50.7 Å². The Kier molecular flexibility index (Phi) is 38.1. The van der Waals surface area contributed by atoms with Crippen LogP contribution in [0.15, 0.2) is 121 Å². The third-order valence-electron chi connectivity index (χ3n) is 21.2. The minimum atomic E-state index is -1.49. The second kappa shape index (κ2) is 45.9. The molecule has 12 atom stereocenters. The first-order chi connectivity index (χ1) is 54.6. The van der Waals surface area contributed by atoms with Gasteiger partial charge in [0.25, 0.3) is 0 Å². The molecule has 0 aliphatic carbocycles. The molecular formula is C88H130N12O16. The number of nitrogens with one attached hydrogen (secondary N) is 4. The van der Waals surface area contributed by atoms with Gasteiger partial charge in [0.2, 0.25) is 65.0 Å². The molecule has 28 nitrogen and oxygen atoms in total. The third kappa shape index (κ3) is 28.9. The molecule has 116 heavy (non-hydrogen) atoms. The molecule has 6 unspecified atom stereocenters. The van der Waals surface area contributed by atoms with E-state index >= 15 is 19.2 Å². The van der Waals surface area contributed by atoms with Crippen LogP contribution in [0.2, 0.25) is 0 Å². The van der Waals surface area contributed by atoms with Crippen LogP contribution in [0.4, 0.5) is 4.79 Å². The van der Waals surface area contributed by atoms with Crippen molar-refractivity contribution in [1.29, 1.82) is 0 Å². The van der Waals surface area contributed by atoms with E-state index in [9.17, 15) is 43.2 Å². The number of nitrogens with zero attached hydrogens (tertiary/aromatic N) is 8. The summed E-state index contributed by atoms with van der Waals surface area (Å²) in [5.41, 5.74) is 2.00. The van der Waals surface area contributed by atoms with Gasteiger partial charge >= 0.3 is 12.1 Å². The average molecular weight is 1610 g/mol. The molecule has 0 radical (unpaired) electrons. The zero-order chi connectivity index (χ0) is 86.6. The van der Waals surface area contributed by atoms with Crippen molar-refractivity contribution in [2.24, 2.45) is 23.7 Å². The zero-order valence-electron chi connectivity index (χ0n) is 72.2. The van der Waals surface area contributed by atoms with Crippen molar-refractivity contribution >= 4 is 77.0 Å². The SMILES string of the molecule is CCC(C)[C@@H](C(=O)N[C@@H](C)C(=O)N(C)C(Cc1ccccc1)C(=O)N(C)[C@H](C(=O)NC(CC(=O)OCc1ccccc1)C(=O)N1CCCCC1)C(C)C)N(C)C(=O)CN(C)C(=O)[C@@H](NC(=O)[C@H](CC(C)C)N(C)C(=O)C(CC(C)C)NC(=O)[C@H](Cc1ccccc1)N(C)C(=O)C(C)N(C)C(=O)OC(C)(C)C)C(C)OCc1ccccc1. The first-order valence-corrected chi connectivity index (χ1v) is 40.5. The molecule has 1 aliphatic heterocycles. The summed E-state index contributed by atoms with van der Waals surface area (Å²) in [5, 5.41) is 11.4. The molecule has 1 fully saturated rings. The quantitative estimate of drug-likeness (QED) is 0.0308. The topological polar surface area (TPSA) is 324 Å². The fourth-order valence-corrected chi connectivity index (χ4v) is 14.0. The molecule has 0 spiro atoms. The highest BCUT2D eigenvalue weighted by molar-refractivity contribution is 5.99. The molecule has 0 saturated carbocycles.